The molecular formula is C18H18N4O5. The first-order valence-corrected chi connectivity index (χ1v) is 8.69. The van der Waals surface area contributed by atoms with E-state index in [1.54, 1.807) is 18.2 Å². The van der Waals surface area contributed by atoms with Crippen LogP contribution in [0.4, 0.5) is 10.5 Å². The molecule has 1 aromatic carbocycles. The first-order valence-electron chi connectivity index (χ1n) is 8.69. The number of fused-ring (bicyclic) bond motifs is 1. The van der Waals surface area contributed by atoms with Crippen molar-refractivity contribution in [2.75, 3.05) is 18.5 Å². The lowest BCUT2D eigenvalue weighted by molar-refractivity contribution is 0.0835. The molecule has 3 heterocycles. The number of ether oxygens (including phenoxy) is 1. The summed E-state index contributed by atoms with van der Waals surface area (Å²) in [7, 11) is 0. The molecule has 140 valence electrons. The number of aromatic nitrogens is 2. The molecule has 27 heavy (non-hydrogen) atoms. The maximum atomic E-state index is 12.0. The van der Waals surface area contributed by atoms with Gasteiger partial charge < -0.3 is 24.3 Å². The summed E-state index contributed by atoms with van der Waals surface area (Å²) in [4.78, 5) is 28.2. The van der Waals surface area contributed by atoms with Gasteiger partial charge in [0.15, 0.2) is 11.3 Å². The van der Waals surface area contributed by atoms with Gasteiger partial charge in [-0.3, -0.25) is 4.79 Å². The van der Waals surface area contributed by atoms with Crippen LogP contribution in [-0.4, -0.2) is 29.3 Å². The highest BCUT2D eigenvalue weighted by atomic mass is 16.5. The molecule has 0 bridgehead atoms. The molecule has 1 unspecified atom stereocenters. The van der Waals surface area contributed by atoms with Crippen LogP contribution in [-0.2, 0) is 11.2 Å². The molecule has 2 amide bonds. The Bertz CT molecular complexity index is 1010. The number of anilines is 1. The summed E-state index contributed by atoms with van der Waals surface area (Å²) >= 11 is 0. The van der Waals surface area contributed by atoms with Crippen LogP contribution >= 0.6 is 0 Å². The molecule has 1 saturated heterocycles. The van der Waals surface area contributed by atoms with Crippen LogP contribution in [0, 0.1) is 0 Å². The first kappa shape index (κ1) is 17.2. The van der Waals surface area contributed by atoms with Crippen molar-refractivity contribution in [2.45, 2.75) is 25.4 Å². The highest BCUT2D eigenvalue weighted by molar-refractivity contribution is 5.92. The quantitative estimate of drug-likeness (QED) is 0.707. The van der Waals surface area contributed by atoms with Gasteiger partial charge in [-0.15, -0.1) is 0 Å². The average molecular weight is 370 g/mol. The van der Waals surface area contributed by atoms with E-state index in [9.17, 15) is 9.59 Å². The number of rotatable bonds is 5. The minimum Gasteiger partial charge on any atom is -0.464 e. The molecule has 1 fully saturated rings. The number of amides is 2. The lowest BCUT2D eigenvalue weighted by Crippen LogP contribution is -2.30. The zero-order valence-electron chi connectivity index (χ0n) is 14.4. The van der Waals surface area contributed by atoms with Gasteiger partial charge in [0, 0.05) is 31.3 Å². The summed E-state index contributed by atoms with van der Waals surface area (Å²) < 4.78 is 15.9. The second-order valence-electron chi connectivity index (χ2n) is 6.18. The van der Waals surface area contributed by atoms with Gasteiger partial charge in [0.1, 0.15) is 11.7 Å². The highest BCUT2D eigenvalue weighted by Crippen LogP contribution is 2.26. The van der Waals surface area contributed by atoms with E-state index in [0.29, 0.717) is 47.9 Å². The van der Waals surface area contributed by atoms with E-state index >= 15 is 0 Å². The Balaban J connectivity index is 1.30. The third kappa shape index (κ3) is 3.98. The van der Waals surface area contributed by atoms with E-state index in [4.69, 9.17) is 13.7 Å². The molecule has 3 aromatic rings. The highest BCUT2D eigenvalue weighted by Gasteiger charge is 2.23. The normalized spacial score (nSPS) is 16.5. The summed E-state index contributed by atoms with van der Waals surface area (Å²) in [6, 6.07) is 5.82. The van der Waals surface area contributed by atoms with Gasteiger partial charge in [-0.1, -0.05) is 5.16 Å². The number of urea groups is 1. The van der Waals surface area contributed by atoms with Gasteiger partial charge in [-0.2, -0.15) is 4.98 Å². The van der Waals surface area contributed by atoms with Crippen molar-refractivity contribution in [1.29, 1.82) is 0 Å². The lowest BCUT2D eigenvalue weighted by Gasteiger charge is -2.07. The summed E-state index contributed by atoms with van der Waals surface area (Å²) in [5.74, 6) is 1.01. The Labute approximate surface area is 153 Å². The number of carbonyl (C=O) groups excluding carboxylic acids is 1. The maximum absolute atomic E-state index is 12.0. The SMILES string of the molecule is O=C(NCCc1noc(C2CCCO2)n1)Nc1ccc2occc(=O)c2c1. The molecule has 0 aliphatic carbocycles. The Morgan fingerprint density at radius 3 is 3.07 bits per heavy atom. The zero-order valence-corrected chi connectivity index (χ0v) is 14.4. The fourth-order valence-corrected chi connectivity index (χ4v) is 2.90. The molecule has 2 N–H and O–H groups in total. The molecule has 0 saturated carbocycles. The van der Waals surface area contributed by atoms with E-state index in [2.05, 4.69) is 20.8 Å². The van der Waals surface area contributed by atoms with Crippen molar-refractivity contribution < 1.29 is 18.5 Å². The van der Waals surface area contributed by atoms with Crippen molar-refractivity contribution >= 4 is 22.7 Å². The van der Waals surface area contributed by atoms with Crippen molar-refractivity contribution in [1.82, 2.24) is 15.5 Å². The number of nitrogens with one attached hydrogen (secondary N) is 2. The second kappa shape index (κ2) is 7.58. The van der Waals surface area contributed by atoms with Crippen molar-refractivity contribution in [2.24, 2.45) is 0 Å². The molecule has 9 nitrogen and oxygen atoms in total. The predicted octanol–water partition coefficient (Wildman–Crippen LogP) is 2.39. The smallest absolute Gasteiger partial charge is 0.319 e. The van der Waals surface area contributed by atoms with Crippen LogP contribution < -0.4 is 16.1 Å². The number of benzene rings is 1. The number of hydrogen-bond acceptors (Lipinski definition) is 7. The maximum Gasteiger partial charge on any atom is 0.319 e. The van der Waals surface area contributed by atoms with E-state index in [0.717, 1.165) is 12.8 Å². The largest absolute Gasteiger partial charge is 0.464 e. The third-order valence-electron chi connectivity index (χ3n) is 4.24. The second-order valence-corrected chi connectivity index (χ2v) is 6.18. The van der Waals surface area contributed by atoms with Gasteiger partial charge >= 0.3 is 6.03 Å². The standard InChI is InChI=1S/C18H18N4O5/c23-13-6-9-26-14-4-3-11(10-12(13)14)20-18(24)19-7-5-16-21-17(27-22-16)15-2-1-8-25-15/h3-4,6,9-10,15H,1-2,5,7-8H2,(H2,19,20,24). The van der Waals surface area contributed by atoms with Crippen LogP contribution in [0.5, 0.6) is 0 Å². The van der Waals surface area contributed by atoms with Gasteiger partial charge in [-0.25, -0.2) is 4.79 Å². The third-order valence-corrected chi connectivity index (χ3v) is 4.24. The number of carbonyl (C=O) groups is 1. The average Bonchev–Trinajstić information content (AvgIpc) is 3.34. The molecule has 2 aromatic heterocycles. The van der Waals surface area contributed by atoms with E-state index < -0.39 is 6.03 Å². The summed E-state index contributed by atoms with van der Waals surface area (Å²) in [5.41, 5.74) is 0.797. The first-order chi connectivity index (χ1) is 13.2. The van der Waals surface area contributed by atoms with Gasteiger partial charge in [0.05, 0.1) is 11.6 Å². The Morgan fingerprint density at radius 1 is 1.30 bits per heavy atom. The van der Waals surface area contributed by atoms with Crippen molar-refractivity contribution in [3.05, 3.63) is 52.5 Å². The molecule has 4 rings (SSSR count). The van der Waals surface area contributed by atoms with E-state index in [1.165, 1.54) is 12.3 Å². The molecule has 0 spiro atoms. The van der Waals surface area contributed by atoms with Crippen LogP contribution in [0.25, 0.3) is 11.0 Å². The molecule has 1 atom stereocenters. The van der Waals surface area contributed by atoms with Gasteiger partial charge in [-0.05, 0) is 31.0 Å². The van der Waals surface area contributed by atoms with Crippen LogP contribution in [0.1, 0.15) is 30.7 Å². The number of nitrogens with zero attached hydrogens (tertiary/aromatic N) is 2. The summed E-state index contributed by atoms with van der Waals surface area (Å²) in [6.45, 7) is 1.05. The van der Waals surface area contributed by atoms with Gasteiger partial charge in [0.25, 0.3) is 5.89 Å². The van der Waals surface area contributed by atoms with Crippen molar-refractivity contribution in [3.63, 3.8) is 0 Å². The summed E-state index contributed by atoms with van der Waals surface area (Å²) in [5, 5.41) is 9.71. The number of hydrogen-bond donors (Lipinski definition) is 2. The topological polar surface area (TPSA) is 119 Å². The van der Waals surface area contributed by atoms with E-state index in [1.807, 2.05) is 0 Å². The summed E-state index contributed by atoms with van der Waals surface area (Å²) in [6.07, 6.45) is 3.53. The van der Waals surface area contributed by atoms with E-state index in [-0.39, 0.29) is 11.5 Å². The monoisotopic (exact) mass is 370 g/mol. The van der Waals surface area contributed by atoms with Gasteiger partial charge in [0.2, 0.25) is 0 Å². The Hall–Kier alpha value is -3.20. The lowest BCUT2D eigenvalue weighted by atomic mass is 10.2. The molecular weight excluding hydrogens is 352 g/mol. The fourth-order valence-electron chi connectivity index (χ4n) is 2.90. The minimum atomic E-state index is -0.391. The van der Waals surface area contributed by atoms with Crippen LogP contribution in [0.3, 0.4) is 0 Å². The molecule has 1 aliphatic rings. The Kier molecular flexibility index (Phi) is 4.84. The minimum absolute atomic E-state index is 0.118. The molecule has 1 aliphatic heterocycles. The molecule has 0 radical (unpaired) electrons. The van der Waals surface area contributed by atoms with Crippen LogP contribution in [0.15, 0.2) is 44.3 Å². The fraction of sp³-hybridized carbons (Fsp3) is 0.333. The van der Waals surface area contributed by atoms with Crippen molar-refractivity contribution in [3.8, 4) is 0 Å². The Morgan fingerprint density at radius 2 is 2.22 bits per heavy atom. The molecule has 9 heteroatoms. The zero-order chi connectivity index (χ0) is 18.6. The predicted molar refractivity (Wildman–Crippen MR) is 95.4 cm³/mol. The van der Waals surface area contributed by atoms with Crippen LogP contribution in [0.2, 0.25) is 0 Å².